The predicted octanol–water partition coefficient (Wildman–Crippen LogP) is 2.36. The van der Waals surface area contributed by atoms with Crippen LogP contribution in [0.4, 0.5) is 0 Å². The van der Waals surface area contributed by atoms with Gasteiger partial charge in [-0.1, -0.05) is 18.7 Å². The van der Waals surface area contributed by atoms with E-state index in [4.69, 9.17) is 4.74 Å². The van der Waals surface area contributed by atoms with Crippen molar-refractivity contribution in [2.75, 3.05) is 0 Å². The SMILES string of the molecule is C=C1N=CC(Oc2cccc(C)c2)=CN1. The Kier molecular flexibility index (Phi) is 2.54. The minimum Gasteiger partial charge on any atom is -0.454 e. The Balaban J connectivity index is 2.10. The summed E-state index contributed by atoms with van der Waals surface area (Å²) in [6.45, 7) is 5.68. The van der Waals surface area contributed by atoms with Gasteiger partial charge >= 0.3 is 0 Å². The van der Waals surface area contributed by atoms with Crippen LogP contribution in [0.2, 0.25) is 0 Å². The van der Waals surface area contributed by atoms with Crippen molar-refractivity contribution in [1.82, 2.24) is 5.32 Å². The van der Waals surface area contributed by atoms with E-state index in [0.717, 1.165) is 5.75 Å². The molecule has 0 unspecified atom stereocenters. The summed E-state index contributed by atoms with van der Waals surface area (Å²) in [4.78, 5) is 4.01. The zero-order chi connectivity index (χ0) is 10.7. The standard InChI is InChI=1S/C12H12N2O/c1-9-4-3-5-11(6-9)15-12-7-13-10(2)14-8-12/h3-8,13H,2H2,1H3. The lowest BCUT2D eigenvalue weighted by molar-refractivity contribution is 0.451. The van der Waals surface area contributed by atoms with Crippen LogP contribution in [-0.2, 0) is 0 Å². The maximum absolute atomic E-state index is 5.59. The molecule has 0 aromatic heterocycles. The van der Waals surface area contributed by atoms with Crippen molar-refractivity contribution in [3.63, 3.8) is 0 Å². The molecular formula is C12H12N2O. The van der Waals surface area contributed by atoms with Crippen molar-refractivity contribution >= 4 is 6.21 Å². The molecule has 0 saturated carbocycles. The van der Waals surface area contributed by atoms with Crippen molar-refractivity contribution in [2.24, 2.45) is 4.99 Å². The van der Waals surface area contributed by atoms with Crippen molar-refractivity contribution in [3.8, 4) is 5.75 Å². The lowest BCUT2D eigenvalue weighted by Gasteiger charge is -2.11. The molecule has 1 aromatic carbocycles. The highest BCUT2D eigenvalue weighted by Crippen LogP contribution is 2.15. The van der Waals surface area contributed by atoms with Crippen LogP contribution in [-0.4, -0.2) is 6.21 Å². The maximum Gasteiger partial charge on any atom is 0.161 e. The lowest BCUT2D eigenvalue weighted by atomic mass is 10.2. The summed E-state index contributed by atoms with van der Waals surface area (Å²) in [6, 6.07) is 7.86. The molecule has 1 aliphatic heterocycles. The average molecular weight is 200 g/mol. The first-order valence-corrected chi connectivity index (χ1v) is 4.68. The molecule has 1 aromatic rings. The van der Waals surface area contributed by atoms with E-state index in [1.54, 1.807) is 12.4 Å². The molecule has 0 bridgehead atoms. The molecule has 0 atom stereocenters. The molecule has 1 N–H and O–H groups in total. The van der Waals surface area contributed by atoms with Gasteiger partial charge in [0.15, 0.2) is 5.76 Å². The van der Waals surface area contributed by atoms with Crippen LogP contribution in [0.5, 0.6) is 5.75 Å². The zero-order valence-electron chi connectivity index (χ0n) is 8.53. The first-order chi connectivity index (χ1) is 7.24. The fourth-order valence-corrected chi connectivity index (χ4v) is 1.24. The monoisotopic (exact) mass is 200 g/mol. The molecule has 3 nitrogen and oxygen atoms in total. The highest BCUT2D eigenvalue weighted by Gasteiger charge is 2.02. The molecule has 0 saturated heterocycles. The number of benzene rings is 1. The number of nitrogens with one attached hydrogen (secondary N) is 1. The topological polar surface area (TPSA) is 33.6 Å². The first kappa shape index (κ1) is 9.52. The summed E-state index contributed by atoms with van der Waals surface area (Å²) in [7, 11) is 0. The van der Waals surface area contributed by atoms with Gasteiger partial charge in [-0.05, 0) is 24.6 Å². The van der Waals surface area contributed by atoms with Crippen LogP contribution in [0.3, 0.4) is 0 Å². The second kappa shape index (κ2) is 4.00. The number of aryl methyl sites for hydroxylation is 1. The van der Waals surface area contributed by atoms with E-state index in [2.05, 4.69) is 16.9 Å². The zero-order valence-corrected chi connectivity index (χ0v) is 8.53. The predicted molar refractivity (Wildman–Crippen MR) is 60.7 cm³/mol. The van der Waals surface area contributed by atoms with E-state index in [0.29, 0.717) is 11.6 Å². The molecule has 2 rings (SSSR count). The fraction of sp³-hybridized carbons (Fsp3) is 0.0833. The minimum atomic E-state index is 0.617. The number of hydrogen-bond acceptors (Lipinski definition) is 3. The van der Waals surface area contributed by atoms with Gasteiger partial charge in [0, 0.05) is 6.20 Å². The van der Waals surface area contributed by atoms with Gasteiger partial charge in [-0.2, -0.15) is 0 Å². The third kappa shape index (κ3) is 2.47. The van der Waals surface area contributed by atoms with Crippen LogP contribution in [0.15, 0.2) is 53.6 Å². The highest BCUT2D eigenvalue weighted by molar-refractivity contribution is 5.78. The van der Waals surface area contributed by atoms with E-state index < -0.39 is 0 Å². The Morgan fingerprint density at radius 3 is 2.93 bits per heavy atom. The van der Waals surface area contributed by atoms with Crippen molar-refractivity contribution < 1.29 is 4.74 Å². The third-order valence-corrected chi connectivity index (χ3v) is 1.95. The highest BCUT2D eigenvalue weighted by atomic mass is 16.5. The van der Waals surface area contributed by atoms with Gasteiger partial charge in [0.25, 0.3) is 0 Å². The summed E-state index contributed by atoms with van der Waals surface area (Å²) in [5.41, 5.74) is 1.17. The number of ether oxygens (including phenoxy) is 1. The Bertz CT molecular complexity index is 447. The van der Waals surface area contributed by atoms with Crippen LogP contribution < -0.4 is 10.1 Å². The molecular weight excluding hydrogens is 188 g/mol. The molecule has 0 radical (unpaired) electrons. The van der Waals surface area contributed by atoms with E-state index in [1.165, 1.54) is 5.56 Å². The fourth-order valence-electron chi connectivity index (χ4n) is 1.24. The molecule has 0 amide bonds. The number of nitrogens with zero attached hydrogens (tertiary/aromatic N) is 1. The third-order valence-electron chi connectivity index (χ3n) is 1.95. The summed E-state index contributed by atoms with van der Waals surface area (Å²) >= 11 is 0. The van der Waals surface area contributed by atoms with E-state index >= 15 is 0 Å². The molecule has 0 aliphatic carbocycles. The number of rotatable bonds is 2. The first-order valence-electron chi connectivity index (χ1n) is 4.68. The second-order valence-electron chi connectivity index (χ2n) is 3.31. The quantitative estimate of drug-likeness (QED) is 0.795. The van der Waals surface area contributed by atoms with Gasteiger partial charge in [0.05, 0.1) is 6.21 Å². The molecule has 0 fully saturated rings. The molecule has 15 heavy (non-hydrogen) atoms. The Hall–Kier alpha value is -2.03. The van der Waals surface area contributed by atoms with Crippen molar-refractivity contribution in [2.45, 2.75) is 6.92 Å². The Morgan fingerprint density at radius 1 is 1.40 bits per heavy atom. The summed E-state index contributed by atoms with van der Waals surface area (Å²) < 4.78 is 5.59. The lowest BCUT2D eigenvalue weighted by Crippen LogP contribution is -2.12. The van der Waals surface area contributed by atoms with Gasteiger partial charge in [0.1, 0.15) is 11.6 Å². The van der Waals surface area contributed by atoms with E-state index in [1.807, 2.05) is 31.2 Å². The van der Waals surface area contributed by atoms with Crippen molar-refractivity contribution in [1.29, 1.82) is 0 Å². The summed E-state index contributed by atoms with van der Waals surface area (Å²) in [5, 5.41) is 2.89. The molecule has 0 spiro atoms. The smallest absolute Gasteiger partial charge is 0.161 e. The number of aliphatic imine (C=N–C) groups is 1. The van der Waals surface area contributed by atoms with Crippen LogP contribution in [0, 0.1) is 6.92 Å². The summed E-state index contributed by atoms with van der Waals surface area (Å²) in [6.07, 6.45) is 3.37. The summed E-state index contributed by atoms with van der Waals surface area (Å²) in [5.74, 6) is 2.10. The molecule has 76 valence electrons. The van der Waals surface area contributed by atoms with Gasteiger partial charge < -0.3 is 10.1 Å². The second-order valence-corrected chi connectivity index (χ2v) is 3.31. The van der Waals surface area contributed by atoms with Crippen LogP contribution in [0.25, 0.3) is 0 Å². The van der Waals surface area contributed by atoms with E-state index in [-0.39, 0.29) is 0 Å². The Labute approximate surface area is 88.8 Å². The van der Waals surface area contributed by atoms with Gasteiger partial charge in [0.2, 0.25) is 0 Å². The van der Waals surface area contributed by atoms with Gasteiger partial charge in [-0.3, -0.25) is 0 Å². The van der Waals surface area contributed by atoms with Gasteiger partial charge in [-0.15, -0.1) is 0 Å². The van der Waals surface area contributed by atoms with Crippen LogP contribution in [0.1, 0.15) is 5.56 Å². The average Bonchev–Trinajstić information content (AvgIpc) is 2.22. The van der Waals surface area contributed by atoms with E-state index in [9.17, 15) is 0 Å². The normalized spacial score (nSPS) is 14.5. The van der Waals surface area contributed by atoms with Crippen LogP contribution >= 0.6 is 0 Å². The number of allylic oxidation sites excluding steroid dienone is 1. The molecule has 1 aliphatic rings. The maximum atomic E-state index is 5.59. The largest absolute Gasteiger partial charge is 0.454 e. The minimum absolute atomic E-state index is 0.617. The molecule has 1 heterocycles. The number of hydrogen-bond donors (Lipinski definition) is 1. The Morgan fingerprint density at radius 2 is 2.27 bits per heavy atom. The van der Waals surface area contributed by atoms with Gasteiger partial charge in [-0.25, -0.2) is 4.99 Å². The van der Waals surface area contributed by atoms with Crippen molar-refractivity contribution in [3.05, 3.63) is 54.2 Å². The molecule has 3 heteroatoms.